The summed E-state index contributed by atoms with van der Waals surface area (Å²) in [5.74, 6) is -0.757. The maximum atomic E-state index is 10.4. The number of amides is 1. The zero-order valence-electron chi connectivity index (χ0n) is 7.73. The highest BCUT2D eigenvalue weighted by molar-refractivity contribution is 5.78. The second-order valence-electron chi connectivity index (χ2n) is 2.85. The molecule has 7 nitrogen and oxygen atoms in total. The molecule has 4 N–H and O–H groups in total. The van der Waals surface area contributed by atoms with Gasteiger partial charge in [-0.25, -0.2) is 4.63 Å². The van der Waals surface area contributed by atoms with Crippen molar-refractivity contribution in [3.63, 3.8) is 0 Å². The standard InChI is InChI=1S/C7H12N4O3/c1-4-5(11-14-10-4)2-9-3-6(12)7(8)13/h6,9,12H,2-3H2,1H3,(H2,8,13). The van der Waals surface area contributed by atoms with Crippen molar-refractivity contribution in [1.29, 1.82) is 0 Å². The molecule has 78 valence electrons. The summed E-state index contributed by atoms with van der Waals surface area (Å²) in [7, 11) is 0. The Bertz CT molecular complexity index is 312. The van der Waals surface area contributed by atoms with Gasteiger partial charge in [0.2, 0.25) is 5.91 Å². The number of aliphatic hydroxyl groups excluding tert-OH is 1. The molecule has 0 aromatic carbocycles. The molecule has 0 aliphatic carbocycles. The summed E-state index contributed by atoms with van der Waals surface area (Å²) in [6.45, 7) is 2.21. The van der Waals surface area contributed by atoms with Gasteiger partial charge in [0.25, 0.3) is 0 Å². The van der Waals surface area contributed by atoms with Crippen LogP contribution in [-0.2, 0) is 11.3 Å². The van der Waals surface area contributed by atoms with E-state index in [1.54, 1.807) is 6.92 Å². The normalized spacial score (nSPS) is 12.7. The first kappa shape index (κ1) is 10.6. The van der Waals surface area contributed by atoms with Crippen LogP contribution in [0.2, 0.25) is 0 Å². The first-order chi connectivity index (χ1) is 6.61. The lowest BCUT2D eigenvalue weighted by atomic mass is 10.3. The van der Waals surface area contributed by atoms with Gasteiger partial charge in [0.05, 0.1) is 0 Å². The van der Waals surface area contributed by atoms with E-state index in [2.05, 4.69) is 20.3 Å². The van der Waals surface area contributed by atoms with Crippen LogP contribution < -0.4 is 11.1 Å². The molecule has 1 atom stereocenters. The summed E-state index contributed by atoms with van der Waals surface area (Å²) in [6.07, 6.45) is -1.19. The molecule has 14 heavy (non-hydrogen) atoms. The lowest BCUT2D eigenvalue weighted by molar-refractivity contribution is -0.125. The minimum Gasteiger partial charge on any atom is -0.382 e. The molecule has 0 saturated carbocycles. The van der Waals surface area contributed by atoms with Crippen molar-refractivity contribution in [3.8, 4) is 0 Å². The second-order valence-corrected chi connectivity index (χ2v) is 2.85. The average Bonchev–Trinajstić information content (AvgIpc) is 2.51. The molecule has 1 heterocycles. The van der Waals surface area contributed by atoms with Crippen LogP contribution in [0.4, 0.5) is 0 Å². The van der Waals surface area contributed by atoms with Gasteiger partial charge >= 0.3 is 0 Å². The Kier molecular flexibility index (Phi) is 3.55. The molecule has 0 bridgehead atoms. The quantitative estimate of drug-likeness (QED) is 0.522. The van der Waals surface area contributed by atoms with Crippen molar-refractivity contribution in [2.24, 2.45) is 5.73 Å². The van der Waals surface area contributed by atoms with Crippen LogP contribution in [0, 0.1) is 6.92 Å². The van der Waals surface area contributed by atoms with Crippen LogP contribution in [0.5, 0.6) is 0 Å². The number of rotatable bonds is 5. The van der Waals surface area contributed by atoms with Crippen LogP contribution in [0.15, 0.2) is 4.63 Å². The van der Waals surface area contributed by atoms with Crippen LogP contribution in [-0.4, -0.2) is 34.0 Å². The highest BCUT2D eigenvalue weighted by Gasteiger charge is 2.10. The van der Waals surface area contributed by atoms with E-state index in [4.69, 9.17) is 10.8 Å². The predicted octanol–water partition coefficient (Wildman–Crippen LogP) is -1.69. The van der Waals surface area contributed by atoms with Gasteiger partial charge in [0.15, 0.2) is 0 Å². The number of carbonyl (C=O) groups is 1. The smallest absolute Gasteiger partial charge is 0.247 e. The van der Waals surface area contributed by atoms with E-state index < -0.39 is 12.0 Å². The molecule has 0 spiro atoms. The summed E-state index contributed by atoms with van der Waals surface area (Å²) >= 11 is 0. The van der Waals surface area contributed by atoms with Gasteiger partial charge in [-0.1, -0.05) is 10.3 Å². The Morgan fingerprint density at radius 2 is 2.43 bits per heavy atom. The van der Waals surface area contributed by atoms with E-state index >= 15 is 0 Å². The highest BCUT2D eigenvalue weighted by atomic mass is 16.6. The van der Waals surface area contributed by atoms with E-state index in [0.29, 0.717) is 17.9 Å². The number of aliphatic hydroxyl groups is 1. The molecule has 1 aromatic rings. The Morgan fingerprint density at radius 3 is 2.93 bits per heavy atom. The Hall–Kier alpha value is -1.47. The monoisotopic (exact) mass is 200 g/mol. The summed E-state index contributed by atoms with van der Waals surface area (Å²) in [4.78, 5) is 10.4. The van der Waals surface area contributed by atoms with Crippen molar-refractivity contribution >= 4 is 5.91 Å². The first-order valence-corrected chi connectivity index (χ1v) is 4.07. The van der Waals surface area contributed by atoms with Crippen LogP contribution in [0.1, 0.15) is 11.4 Å². The van der Waals surface area contributed by atoms with E-state index in [9.17, 15) is 4.79 Å². The molecule has 0 saturated heterocycles. The number of nitrogens with two attached hydrogens (primary N) is 1. The molecule has 1 rings (SSSR count). The number of primary amides is 1. The van der Waals surface area contributed by atoms with Gasteiger partial charge in [0.1, 0.15) is 17.5 Å². The predicted molar refractivity (Wildman–Crippen MR) is 45.9 cm³/mol. The van der Waals surface area contributed by atoms with Crippen molar-refractivity contribution in [1.82, 2.24) is 15.6 Å². The molecule has 0 aliphatic heterocycles. The highest BCUT2D eigenvalue weighted by Crippen LogP contribution is 1.98. The number of aryl methyl sites for hydroxylation is 1. The van der Waals surface area contributed by atoms with Crippen LogP contribution >= 0.6 is 0 Å². The van der Waals surface area contributed by atoms with Gasteiger partial charge in [-0.15, -0.1) is 0 Å². The van der Waals surface area contributed by atoms with Gasteiger partial charge in [-0.2, -0.15) is 0 Å². The molecule has 0 fully saturated rings. The van der Waals surface area contributed by atoms with Gasteiger partial charge < -0.3 is 16.2 Å². The Balaban J connectivity index is 2.29. The lowest BCUT2D eigenvalue weighted by Gasteiger charge is -2.06. The number of nitrogens with zero attached hydrogens (tertiary/aromatic N) is 2. The van der Waals surface area contributed by atoms with Crippen molar-refractivity contribution in [3.05, 3.63) is 11.4 Å². The summed E-state index contributed by atoms with van der Waals surface area (Å²) in [5.41, 5.74) is 6.16. The molecular weight excluding hydrogens is 188 g/mol. The van der Waals surface area contributed by atoms with Gasteiger partial charge in [0, 0.05) is 13.1 Å². The molecule has 1 amide bonds. The third-order valence-electron chi connectivity index (χ3n) is 1.70. The van der Waals surface area contributed by atoms with Crippen molar-refractivity contribution < 1.29 is 14.5 Å². The Morgan fingerprint density at radius 1 is 1.71 bits per heavy atom. The number of nitrogens with one attached hydrogen (secondary N) is 1. The maximum Gasteiger partial charge on any atom is 0.247 e. The topological polar surface area (TPSA) is 114 Å². The molecule has 1 aromatic heterocycles. The minimum atomic E-state index is -1.19. The SMILES string of the molecule is Cc1nonc1CNCC(O)C(N)=O. The summed E-state index contributed by atoms with van der Waals surface area (Å²) in [5, 5.41) is 19.0. The first-order valence-electron chi connectivity index (χ1n) is 4.07. The number of aromatic nitrogens is 2. The van der Waals surface area contributed by atoms with E-state index in [1.165, 1.54) is 0 Å². The molecular formula is C7H12N4O3. The Labute approximate surface area is 80.2 Å². The van der Waals surface area contributed by atoms with Crippen LogP contribution in [0.3, 0.4) is 0 Å². The van der Waals surface area contributed by atoms with E-state index in [-0.39, 0.29) is 6.54 Å². The van der Waals surface area contributed by atoms with Gasteiger partial charge in [-0.3, -0.25) is 4.79 Å². The molecule has 1 unspecified atom stereocenters. The number of carbonyl (C=O) groups excluding carboxylic acids is 1. The van der Waals surface area contributed by atoms with Crippen molar-refractivity contribution in [2.75, 3.05) is 6.54 Å². The van der Waals surface area contributed by atoms with Crippen molar-refractivity contribution in [2.45, 2.75) is 19.6 Å². The number of hydrogen-bond donors (Lipinski definition) is 3. The second kappa shape index (κ2) is 4.68. The fourth-order valence-corrected chi connectivity index (χ4v) is 0.838. The summed E-state index contributed by atoms with van der Waals surface area (Å²) in [6, 6.07) is 0. The summed E-state index contributed by atoms with van der Waals surface area (Å²) < 4.78 is 4.46. The fraction of sp³-hybridized carbons (Fsp3) is 0.571. The largest absolute Gasteiger partial charge is 0.382 e. The maximum absolute atomic E-state index is 10.4. The average molecular weight is 200 g/mol. The zero-order valence-corrected chi connectivity index (χ0v) is 7.73. The van der Waals surface area contributed by atoms with Gasteiger partial charge in [-0.05, 0) is 6.92 Å². The lowest BCUT2D eigenvalue weighted by Crippen LogP contribution is -2.37. The number of hydrogen-bond acceptors (Lipinski definition) is 6. The third kappa shape index (κ3) is 2.79. The molecule has 0 aliphatic rings. The molecule has 7 heteroatoms. The third-order valence-corrected chi connectivity index (χ3v) is 1.70. The minimum absolute atomic E-state index is 0.0850. The van der Waals surface area contributed by atoms with E-state index in [0.717, 1.165) is 0 Å². The van der Waals surface area contributed by atoms with E-state index in [1.807, 2.05) is 0 Å². The fourth-order valence-electron chi connectivity index (χ4n) is 0.838. The zero-order chi connectivity index (χ0) is 10.6. The molecule has 0 radical (unpaired) electrons. The van der Waals surface area contributed by atoms with Crippen LogP contribution in [0.25, 0.3) is 0 Å².